The van der Waals surface area contributed by atoms with Gasteiger partial charge in [-0.1, -0.05) is 0 Å². The van der Waals surface area contributed by atoms with Crippen molar-refractivity contribution in [2.75, 3.05) is 27.4 Å². The summed E-state index contributed by atoms with van der Waals surface area (Å²) in [5, 5.41) is 14.0. The number of rotatable bonds is 7. The van der Waals surface area contributed by atoms with E-state index >= 15 is 0 Å². The first-order valence-electron chi connectivity index (χ1n) is 6.04. The molecule has 1 rings (SSSR count). The number of methoxy groups -OCH3 is 2. The van der Waals surface area contributed by atoms with Gasteiger partial charge in [0.2, 0.25) is 0 Å². The fourth-order valence-corrected chi connectivity index (χ4v) is 1.49. The average molecular weight is 268 g/mol. The molecule has 6 heteroatoms. The third-order valence-corrected chi connectivity index (χ3v) is 2.48. The smallest absolute Gasteiger partial charge is 0.315 e. The van der Waals surface area contributed by atoms with E-state index in [2.05, 4.69) is 10.6 Å². The number of benzene rings is 1. The van der Waals surface area contributed by atoms with Crippen LogP contribution >= 0.6 is 0 Å². The Labute approximate surface area is 112 Å². The highest BCUT2D eigenvalue weighted by molar-refractivity contribution is 5.73. The molecule has 0 bridgehead atoms. The van der Waals surface area contributed by atoms with Gasteiger partial charge in [-0.15, -0.1) is 0 Å². The molecule has 0 aliphatic rings. The van der Waals surface area contributed by atoms with Crippen molar-refractivity contribution < 1.29 is 19.4 Å². The van der Waals surface area contributed by atoms with Crippen LogP contribution in [0.3, 0.4) is 0 Å². The number of ether oxygens (including phenoxy) is 2. The number of hydrogen-bond acceptors (Lipinski definition) is 4. The van der Waals surface area contributed by atoms with Crippen molar-refractivity contribution in [3.05, 3.63) is 23.8 Å². The second-order valence-electron chi connectivity index (χ2n) is 3.91. The number of hydrogen-bond donors (Lipinski definition) is 3. The van der Waals surface area contributed by atoms with Gasteiger partial charge in [0.15, 0.2) is 0 Å². The van der Waals surface area contributed by atoms with Gasteiger partial charge >= 0.3 is 6.03 Å². The molecule has 19 heavy (non-hydrogen) atoms. The lowest BCUT2D eigenvalue weighted by atomic mass is 10.2. The van der Waals surface area contributed by atoms with Gasteiger partial charge in [-0.05, 0) is 24.1 Å². The Bertz CT molecular complexity index is 387. The zero-order valence-electron chi connectivity index (χ0n) is 11.2. The van der Waals surface area contributed by atoms with Crippen LogP contribution < -0.4 is 20.1 Å². The van der Waals surface area contributed by atoms with Crippen molar-refractivity contribution >= 4 is 6.03 Å². The van der Waals surface area contributed by atoms with E-state index in [0.29, 0.717) is 31.0 Å². The molecular weight excluding hydrogens is 248 g/mol. The lowest BCUT2D eigenvalue weighted by Crippen LogP contribution is -2.35. The molecular formula is C13H20N2O4. The van der Waals surface area contributed by atoms with Crippen LogP contribution in [0.15, 0.2) is 18.2 Å². The summed E-state index contributed by atoms with van der Waals surface area (Å²) < 4.78 is 10.3. The quantitative estimate of drug-likeness (QED) is 0.641. The maximum absolute atomic E-state index is 11.4. The highest BCUT2D eigenvalue weighted by Gasteiger charge is 2.04. The monoisotopic (exact) mass is 268 g/mol. The van der Waals surface area contributed by atoms with E-state index in [4.69, 9.17) is 14.6 Å². The van der Waals surface area contributed by atoms with Gasteiger partial charge in [0.25, 0.3) is 0 Å². The molecule has 2 amide bonds. The van der Waals surface area contributed by atoms with Crippen molar-refractivity contribution in [1.82, 2.24) is 10.6 Å². The van der Waals surface area contributed by atoms with Gasteiger partial charge in [-0.3, -0.25) is 0 Å². The van der Waals surface area contributed by atoms with Crippen LogP contribution in [0.1, 0.15) is 12.0 Å². The van der Waals surface area contributed by atoms with E-state index in [1.165, 1.54) is 0 Å². The lowest BCUT2D eigenvalue weighted by Gasteiger charge is -2.10. The van der Waals surface area contributed by atoms with Crippen LogP contribution in [0, 0.1) is 0 Å². The van der Waals surface area contributed by atoms with Crippen LogP contribution in [-0.4, -0.2) is 38.5 Å². The molecule has 3 N–H and O–H groups in total. The van der Waals surface area contributed by atoms with Gasteiger partial charge in [-0.25, -0.2) is 4.79 Å². The van der Waals surface area contributed by atoms with Gasteiger partial charge in [0.05, 0.1) is 14.2 Å². The first kappa shape index (κ1) is 15.1. The van der Waals surface area contributed by atoms with E-state index in [-0.39, 0.29) is 12.6 Å². The molecule has 0 fully saturated rings. The van der Waals surface area contributed by atoms with Gasteiger partial charge in [0.1, 0.15) is 11.5 Å². The van der Waals surface area contributed by atoms with E-state index in [1.807, 2.05) is 12.1 Å². The number of amides is 2. The number of carbonyl (C=O) groups is 1. The van der Waals surface area contributed by atoms with E-state index in [1.54, 1.807) is 20.3 Å². The molecule has 0 saturated carbocycles. The van der Waals surface area contributed by atoms with Crippen LogP contribution in [0.4, 0.5) is 4.79 Å². The second-order valence-corrected chi connectivity index (χ2v) is 3.91. The molecule has 6 nitrogen and oxygen atoms in total. The van der Waals surface area contributed by atoms with Crippen LogP contribution in [0.25, 0.3) is 0 Å². The zero-order valence-corrected chi connectivity index (χ0v) is 11.2. The highest BCUT2D eigenvalue weighted by atomic mass is 16.5. The molecule has 0 unspecified atom stereocenters. The minimum absolute atomic E-state index is 0.0629. The summed E-state index contributed by atoms with van der Waals surface area (Å²) in [5.74, 6) is 1.36. The van der Waals surface area contributed by atoms with Crippen molar-refractivity contribution in [2.24, 2.45) is 0 Å². The van der Waals surface area contributed by atoms with Crippen molar-refractivity contribution in [2.45, 2.75) is 13.0 Å². The largest absolute Gasteiger partial charge is 0.497 e. The zero-order chi connectivity index (χ0) is 14.1. The van der Waals surface area contributed by atoms with E-state index in [9.17, 15) is 4.79 Å². The normalized spacial score (nSPS) is 9.84. The van der Waals surface area contributed by atoms with Crippen LogP contribution in [0.2, 0.25) is 0 Å². The molecule has 0 aromatic heterocycles. The Morgan fingerprint density at radius 2 is 1.79 bits per heavy atom. The molecule has 0 radical (unpaired) electrons. The highest BCUT2D eigenvalue weighted by Crippen LogP contribution is 2.22. The number of carbonyl (C=O) groups excluding carboxylic acids is 1. The minimum atomic E-state index is -0.268. The van der Waals surface area contributed by atoms with E-state index < -0.39 is 0 Å². The molecule has 1 aromatic rings. The number of aliphatic hydroxyl groups excluding tert-OH is 1. The third kappa shape index (κ3) is 5.48. The first-order chi connectivity index (χ1) is 9.19. The molecule has 0 atom stereocenters. The molecule has 0 spiro atoms. The van der Waals surface area contributed by atoms with Crippen molar-refractivity contribution in [1.29, 1.82) is 0 Å². The molecule has 0 saturated heterocycles. The Hall–Kier alpha value is -1.95. The van der Waals surface area contributed by atoms with Crippen molar-refractivity contribution in [3.63, 3.8) is 0 Å². The predicted molar refractivity (Wildman–Crippen MR) is 71.5 cm³/mol. The average Bonchev–Trinajstić information content (AvgIpc) is 2.45. The number of urea groups is 1. The lowest BCUT2D eigenvalue weighted by molar-refractivity contribution is 0.237. The summed E-state index contributed by atoms with van der Waals surface area (Å²) in [7, 11) is 3.15. The Morgan fingerprint density at radius 3 is 2.32 bits per heavy atom. The van der Waals surface area contributed by atoms with Gasteiger partial charge in [-0.2, -0.15) is 0 Å². The maximum atomic E-state index is 11.4. The number of aliphatic hydroxyl groups is 1. The summed E-state index contributed by atoms with van der Waals surface area (Å²) >= 11 is 0. The molecule has 0 heterocycles. The van der Waals surface area contributed by atoms with E-state index in [0.717, 1.165) is 5.56 Å². The SMILES string of the molecule is COc1cc(CNC(=O)NCCCO)cc(OC)c1. The third-order valence-electron chi connectivity index (χ3n) is 2.48. The topological polar surface area (TPSA) is 79.8 Å². The summed E-state index contributed by atoms with van der Waals surface area (Å²) in [6.07, 6.45) is 0.542. The number of nitrogens with one attached hydrogen (secondary N) is 2. The predicted octanol–water partition coefficient (Wildman–Crippen LogP) is 0.885. The van der Waals surface area contributed by atoms with Gasteiger partial charge in [0, 0.05) is 25.8 Å². The summed E-state index contributed by atoms with van der Waals surface area (Å²) in [6, 6.07) is 5.16. The van der Waals surface area contributed by atoms with Gasteiger partial charge < -0.3 is 25.2 Å². The van der Waals surface area contributed by atoms with Crippen LogP contribution in [-0.2, 0) is 6.54 Å². The Kier molecular flexibility index (Phi) is 6.52. The standard InChI is InChI=1S/C13H20N2O4/c1-18-11-6-10(7-12(8-11)19-2)9-15-13(17)14-4-3-5-16/h6-8,16H,3-5,9H2,1-2H3,(H2,14,15,17). The summed E-state index contributed by atoms with van der Waals surface area (Å²) in [6.45, 7) is 0.885. The van der Waals surface area contributed by atoms with Crippen LogP contribution in [0.5, 0.6) is 11.5 Å². The minimum Gasteiger partial charge on any atom is -0.497 e. The first-order valence-corrected chi connectivity index (χ1v) is 6.04. The summed E-state index contributed by atoms with van der Waals surface area (Å²) in [4.78, 5) is 11.4. The molecule has 106 valence electrons. The van der Waals surface area contributed by atoms with Crippen molar-refractivity contribution in [3.8, 4) is 11.5 Å². The maximum Gasteiger partial charge on any atom is 0.315 e. The molecule has 0 aliphatic carbocycles. The Balaban J connectivity index is 2.50. The molecule has 0 aliphatic heterocycles. The summed E-state index contributed by atoms with van der Waals surface area (Å²) in [5.41, 5.74) is 0.883. The fourth-order valence-electron chi connectivity index (χ4n) is 1.49. The fraction of sp³-hybridized carbons (Fsp3) is 0.462. The molecule has 1 aromatic carbocycles. The second kappa shape index (κ2) is 8.20. The Morgan fingerprint density at radius 1 is 1.16 bits per heavy atom.